The van der Waals surface area contributed by atoms with Gasteiger partial charge in [-0.15, -0.1) is 0 Å². The second-order valence-corrected chi connectivity index (χ2v) is 8.97. The van der Waals surface area contributed by atoms with Crippen LogP contribution in [0.4, 0.5) is 0 Å². The molecule has 1 unspecified atom stereocenters. The van der Waals surface area contributed by atoms with E-state index < -0.39 is 17.5 Å². The third kappa shape index (κ3) is 3.31. The SMILES string of the molecule is C[Si](=N[SiH](C)c1ccccc1)c1ccccc1. The maximum absolute atomic E-state index is 5.06. The summed E-state index contributed by atoms with van der Waals surface area (Å²) in [5.41, 5.74) is 0. The van der Waals surface area contributed by atoms with Crippen molar-refractivity contribution in [3.63, 3.8) is 0 Å². The van der Waals surface area contributed by atoms with Gasteiger partial charge in [0.15, 0.2) is 8.96 Å². The molecule has 0 fully saturated rings. The maximum atomic E-state index is 5.06. The molecule has 0 radical (unpaired) electrons. The quantitative estimate of drug-likeness (QED) is 0.744. The summed E-state index contributed by atoms with van der Waals surface area (Å²) in [6, 6.07) is 21.4. The number of hydrogen-bond donors (Lipinski definition) is 0. The van der Waals surface area contributed by atoms with Gasteiger partial charge in [-0.05, 0) is 23.5 Å². The fraction of sp³-hybridized carbons (Fsp3) is 0.143. The van der Waals surface area contributed by atoms with Gasteiger partial charge in [-0.2, -0.15) is 0 Å². The van der Waals surface area contributed by atoms with E-state index in [-0.39, 0.29) is 0 Å². The molecule has 3 heteroatoms. The van der Waals surface area contributed by atoms with Crippen LogP contribution in [-0.4, -0.2) is 17.5 Å². The molecule has 0 aromatic heterocycles. The first-order valence-electron chi connectivity index (χ1n) is 5.92. The minimum Gasteiger partial charge on any atom is -0.361 e. The van der Waals surface area contributed by atoms with Crippen molar-refractivity contribution in [3.8, 4) is 0 Å². The monoisotopic (exact) mass is 255 g/mol. The lowest BCUT2D eigenvalue weighted by Crippen LogP contribution is -2.29. The summed E-state index contributed by atoms with van der Waals surface area (Å²) in [4.78, 5) is 0. The Hall–Kier alpha value is -1.33. The third-order valence-electron chi connectivity index (χ3n) is 2.86. The van der Waals surface area contributed by atoms with E-state index in [0.717, 1.165) is 0 Å². The summed E-state index contributed by atoms with van der Waals surface area (Å²) in [6.45, 7) is 4.60. The van der Waals surface area contributed by atoms with Gasteiger partial charge in [0, 0.05) is 0 Å². The highest BCUT2D eigenvalue weighted by molar-refractivity contribution is 6.78. The first-order valence-corrected chi connectivity index (χ1v) is 10.1. The normalized spacial score (nSPS) is 13.4. The van der Waals surface area contributed by atoms with Crippen molar-refractivity contribution < 1.29 is 0 Å². The van der Waals surface area contributed by atoms with Crippen molar-refractivity contribution in [2.75, 3.05) is 0 Å². The van der Waals surface area contributed by atoms with E-state index in [1.807, 2.05) is 0 Å². The van der Waals surface area contributed by atoms with Crippen molar-refractivity contribution in [1.82, 2.24) is 0 Å². The van der Waals surface area contributed by atoms with Crippen LogP contribution in [0.3, 0.4) is 0 Å². The van der Waals surface area contributed by atoms with Crippen molar-refractivity contribution >= 4 is 27.9 Å². The number of rotatable bonds is 3. The highest BCUT2D eigenvalue weighted by atomic mass is 28.3. The zero-order valence-corrected chi connectivity index (χ0v) is 12.5. The van der Waals surface area contributed by atoms with Crippen LogP contribution in [0.25, 0.3) is 0 Å². The molecule has 0 aliphatic heterocycles. The molecule has 0 N–H and O–H groups in total. The number of benzene rings is 2. The summed E-state index contributed by atoms with van der Waals surface area (Å²) in [6.07, 6.45) is 0. The minimum absolute atomic E-state index is 0.727. The van der Waals surface area contributed by atoms with E-state index in [1.54, 1.807) is 0 Å². The third-order valence-corrected chi connectivity index (χ3v) is 8.48. The molecule has 2 aromatic carbocycles. The highest BCUT2D eigenvalue weighted by Gasteiger charge is 2.06. The van der Waals surface area contributed by atoms with Gasteiger partial charge in [0.25, 0.3) is 0 Å². The summed E-state index contributed by atoms with van der Waals surface area (Å²) < 4.78 is 5.06. The Morgan fingerprint density at radius 1 is 0.882 bits per heavy atom. The molecule has 0 aliphatic carbocycles. The highest BCUT2D eigenvalue weighted by Crippen LogP contribution is 1.92. The summed E-state index contributed by atoms with van der Waals surface area (Å²) in [5.74, 6) is 0. The van der Waals surface area contributed by atoms with Crippen LogP contribution in [0.2, 0.25) is 13.1 Å². The molecule has 2 aromatic rings. The summed E-state index contributed by atoms with van der Waals surface area (Å²) in [7, 11) is -1.84. The Morgan fingerprint density at radius 2 is 1.41 bits per heavy atom. The molecule has 0 spiro atoms. The average molecular weight is 255 g/mol. The van der Waals surface area contributed by atoms with E-state index >= 15 is 0 Å². The van der Waals surface area contributed by atoms with E-state index in [1.165, 1.54) is 10.4 Å². The van der Waals surface area contributed by atoms with Gasteiger partial charge in [0.05, 0.1) is 0 Å². The first kappa shape index (κ1) is 12.1. The van der Waals surface area contributed by atoms with E-state index in [4.69, 9.17) is 4.30 Å². The standard InChI is InChI=1S/C14H17NSi2/c1-16(13-9-5-3-6-10-13)15-17(2)14-11-7-4-8-12-14/h3-12,16H,1-2H3. The zero-order valence-electron chi connectivity index (χ0n) is 10.3. The maximum Gasteiger partial charge on any atom is 0.179 e. The molecule has 1 nitrogen and oxygen atoms in total. The van der Waals surface area contributed by atoms with Gasteiger partial charge in [-0.3, -0.25) is 0 Å². The molecule has 0 saturated carbocycles. The van der Waals surface area contributed by atoms with Crippen LogP contribution in [0.5, 0.6) is 0 Å². The van der Waals surface area contributed by atoms with Crippen molar-refractivity contribution in [2.45, 2.75) is 13.1 Å². The Kier molecular flexibility index (Phi) is 4.17. The zero-order chi connectivity index (χ0) is 12.1. The summed E-state index contributed by atoms with van der Waals surface area (Å²) >= 11 is 0. The van der Waals surface area contributed by atoms with Crippen LogP contribution in [0.15, 0.2) is 65.0 Å². The molecule has 0 heterocycles. The molecule has 0 aliphatic rings. The molecular weight excluding hydrogens is 238 g/mol. The van der Waals surface area contributed by atoms with Gasteiger partial charge in [-0.1, -0.05) is 60.7 Å². The van der Waals surface area contributed by atoms with Gasteiger partial charge in [0.1, 0.15) is 8.59 Å². The van der Waals surface area contributed by atoms with Crippen LogP contribution in [-0.2, 0) is 0 Å². The largest absolute Gasteiger partial charge is 0.361 e. The predicted molar refractivity (Wildman–Crippen MR) is 79.2 cm³/mol. The molecule has 0 amide bonds. The fourth-order valence-corrected chi connectivity index (χ4v) is 6.82. The van der Waals surface area contributed by atoms with E-state index in [0.29, 0.717) is 0 Å². The van der Waals surface area contributed by atoms with E-state index in [2.05, 4.69) is 73.8 Å². The Morgan fingerprint density at radius 3 is 2.00 bits per heavy atom. The lowest BCUT2D eigenvalue weighted by atomic mass is 10.4. The van der Waals surface area contributed by atoms with Gasteiger partial charge in [-0.25, -0.2) is 0 Å². The van der Waals surface area contributed by atoms with Gasteiger partial charge < -0.3 is 4.30 Å². The smallest absolute Gasteiger partial charge is 0.179 e. The van der Waals surface area contributed by atoms with Crippen LogP contribution < -0.4 is 10.4 Å². The fourth-order valence-electron chi connectivity index (χ4n) is 1.85. The Bertz CT molecular complexity index is 494. The molecule has 0 bridgehead atoms. The molecule has 17 heavy (non-hydrogen) atoms. The van der Waals surface area contributed by atoms with E-state index in [9.17, 15) is 0 Å². The summed E-state index contributed by atoms with van der Waals surface area (Å²) in [5, 5.41) is 2.85. The average Bonchev–Trinajstić information content (AvgIpc) is 2.40. The number of hydrogen-bond acceptors (Lipinski definition) is 1. The minimum atomic E-state index is -1.12. The predicted octanol–water partition coefficient (Wildman–Crippen LogP) is 2.04. The van der Waals surface area contributed by atoms with Crippen LogP contribution in [0.1, 0.15) is 0 Å². The molecule has 2 rings (SSSR count). The second-order valence-electron chi connectivity index (χ2n) is 4.17. The molecule has 86 valence electrons. The Balaban J connectivity index is 2.20. The van der Waals surface area contributed by atoms with Crippen molar-refractivity contribution in [1.29, 1.82) is 0 Å². The second kappa shape index (κ2) is 5.84. The molecule has 0 saturated heterocycles. The van der Waals surface area contributed by atoms with Gasteiger partial charge >= 0.3 is 0 Å². The van der Waals surface area contributed by atoms with Crippen molar-refractivity contribution in [3.05, 3.63) is 60.7 Å². The number of nitrogens with zero attached hydrogens (tertiary/aromatic N) is 1. The van der Waals surface area contributed by atoms with Crippen LogP contribution >= 0.6 is 0 Å². The molecule has 1 atom stereocenters. The molecular formula is C14H17NSi2. The lowest BCUT2D eigenvalue weighted by molar-refractivity contribution is 1.68. The lowest BCUT2D eigenvalue weighted by Gasteiger charge is -2.07. The Labute approximate surface area is 106 Å². The van der Waals surface area contributed by atoms with Gasteiger partial charge in [0.2, 0.25) is 0 Å². The first-order chi connectivity index (χ1) is 8.27. The van der Waals surface area contributed by atoms with Crippen LogP contribution in [0, 0.1) is 0 Å². The topological polar surface area (TPSA) is 12.4 Å². The van der Waals surface area contributed by atoms with Crippen molar-refractivity contribution in [2.24, 2.45) is 4.30 Å².